The van der Waals surface area contributed by atoms with Crippen LogP contribution in [0.2, 0.25) is 0 Å². The van der Waals surface area contributed by atoms with E-state index in [0.717, 1.165) is 5.56 Å². The highest BCUT2D eigenvalue weighted by molar-refractivity contribution is 5.91. The molecule has 0 bridgehead atoms. The normalized spacial score (nSPS) is 10.3. The number of carbonyl (C=O) groups excluding carboxylic acids is 1. The van der Waals surface area contributed by atoms with Gasteiger partial charge in [-0.3, -0.25) is 10.2 Å². The Morgan fingerprint density at radius 2 is 2.29 bits per heavy atom. The van der Waals surface area contributed by atoms with Crippen molar-refractivity contribution in [2.75, 3.05) is 0 Å². The predicted molar refractivity (Wildman–Crippen MR) is 57.7 cm³/mol. The number of nitrogens with one attached hydrogen (secondary N) is 1. The van der Waals surface area contributed by atoms with Gasteiger partial charge in [-0.15, -0.1) is 5.10 Å². The third kappa shape index (κ3) is 2.13. The second-order valence-corrected chi connectivity index (χ2v) is 3.48. The van der Waals surface area contributed by atoms with Crippen LogP contribution in [0.1, 0.15) is 16.1 Å². The third-order valence-corrected chi connectivity index (χ3v) is 2.21. The van der Waals surface area contributed by atoms with E-state index in [1.54, 1.807) is 12.1 Å². The maximum atomic E-state index is 13.5. The number of benzene rings is 1. The van der Waals surface area contributed by atoms with Crippen LogP contribution in [0.25, 0.3) is 5.69 Å². The van der Waals surface area contributed by atoms with E-state index in [1.807, 2.05) is 12.3 Å². The molecule has 3 N–H and O–H groups in total. The predicted octanol–water partition coefficient (Wildman–Crippen LogP) is 0.318. The molecule has 2 rings (SSSR count). The zero-order chi connectivity index (χ0) is 12.4. The standard InChI is InChI=1S/C10H10FN5O/c1-6-2-3-7(11)9(4-6)16-5-8(14-15-16)10(17)13-12/h2-5H,12H2,1H3,(H,13,17). The van der Waals surface area contributed by atoms with Crippen LogP contribution < -0.4 is 11.3 Å². The number of hydrogen-bond acceptors (Lipinski definition) is 4. The summed E-state index contributed by atoms with van der Waals surface area (Å²) >= 11 is 0. The minimum atomic E-state index is -0.579. The topological polar surface area (TPSA) is 85.8 Å². The first-order chi connectivity index (χ1) is 8.11. The van der Waals surface area contributed by atoms with Gasteiger partial charge in [0.25, 0.3) is 5.91 Å². The van der Waals surface area contributed by atoms with Crippen LogP contribution in [0.3, 0.4) is 0 Å². The van der Waals surface area contributed by atoms with Gasteiger partial charge >= 0.3 is 0 Å². The van der Waals surface area contributed by atoms with Gasteiger partial charge in [0.15, 0.2) is 5.69 Å². The lowest BCUT2D eigenvalue weighted by atomic mass is 10.2. The summed E-state index contributed by atoms with van der Waals surface area (Å²) < 4.78 is 14.7. The summed E-state index contributed by atoms with van der Waals surface area (Å²) in [5.41, 5.74) is 3.05. The SMILES string of the molecule is Cc1ccc(F)c(-n2cc(C(=O)NN)nn2)c1. The molecule has 0 fully saturated rings. The molecule has 0 aliphatic rings. The van der Waals surface area contributed by atoms with Crippen molar-refractivity contribution < 1.29 is 9.18 Å². The number of rotatable bonds is 2. The molecule has 0 radical (unpaired) electrons. The van der Waals surface area contributed by atoms with E-state index in [2.05, 4.69) is 10.3 Å². The summed E-state index contributed by atoms with van der Waals surface area (Å²) in [4.78, 5) is 11.2. The molecule has 17 heavy (non-hydrogen) atoms. The molecular formula is C10H10FN5O. The monoisotopic (exact) mass is 235 g/mol. The van der Waals surface area contributed by atoms with Gasteiger partial charge in [0, 0.05) is 0 Å². The van der Waals surface area contributed by atoms with Crippen LogP contribution in [0.15, 0.2) is 24.4 Å². The number of halogens is 1. The van der Waals surface area contributed by atoms with Gasteiger partial charge in [0.2, 0.25) is 0 Å². The van der Waals surface area contributed by atoms with Crippen molar-refractivity contribution in [1.82, 2.24) is 20.4 Å². The van der Waals surface area contributed by atoms with Crippen molar-refractivity contribution in [1.29, 1.82) is 0 Å². The molecule has 6 nitrogen and oxygen atoms in total. The zero-order valence-corrected chi connectivity index (χ0v) is 9.01. The summed E-state index contributed by atoms with van der Waals surface area (Å²) in [6, 6.07) is 4.58. The smallest absolute Gasteiger partial charge is 0.287 e. The minimum absolute atomic E-state index is 0.0217. The van der Waals surface area contributed by atoms with Gasteiger partial charge in [-0.2, -0.15) is 0 Å². The van der Waals surface area contributed by atoms with Crippen molar-refractivity contribution >= 4 is 5.91 Å². The van der Waals surface area contributed by atoms with Crippen molar-refractivity contribution in [2.24, 2.45) is 5.84 Å². The lowest BCUT2D eigenvalue weighted by Crippen LogP contribution is -2.30. The van der Waals surface area contributed by atoms with Crippen LogP contribution in [0.4, 0.5) is 4.39 Å². The number of nitrogen functional groups attached to an aromatic ring is 1. The van der Waals surface area contributed by atoms with E-state index in [4.69, 9.17) is 5.84 Å². The Hall–Kier alpha value is -2.28. The number of carbonyl (C=O) groups is 1. The lowest BCUT2D eigenvalue weighted by Gasteiger charge is -2.02. The Kier molecular flexibility index (Phi) is 2.84. The van der Waals surface area contributed by atoms with Crippen molar-refractivity contribution in [3.63, 3.8) is 0 Å². The highest BCUT2D eigenvalue weighted by atomic mass is 19.1. The Balaban J connectivity index is 2.43. The average molecular weight is 235 g/mol. The molecule has 1 heterocycles. The van der Waals surface area contributed by atoms with Crippen LogP contribution >= 0.6 is 0 Å². The maximum Gasteiger partial charge on any atom is 0.287 e. The summed E-state index contributed by atoms with van der Waals surface area (Å²) in [5.74, 6) is 3.93. The van der Waals surface area contributed by atoms with Crippen molar-refractivity contribution in [3.8, 4) is 5.69 Å². The van der Waals surface area contributed by atoms with Crippen LogP contribution in [-0.4, -0.2) is 20.9 Å². The number of nitrogens with zero attached hydrogens (tertiary/aromatic N) is 3. The van der Waals surface area contributed by atoms with Crippen molar-refractivity contribution in [2.45, 2.75) is 6.92 Å². The van der Waals surface area contributed by atoms with Gasteiger partial charge in [-0.1, -0.05) is 11.3 Å². The Labute approximate surface area is 96.2 Å². The molecule has 0 aliphatic carbocycles. The Bertz CT molecular complexity index is 566. The molecule has 88 valence electrons. The molecule has 2 aromatic rings. The number of aryl methyl sites for hydroxylation is 1. The first-order valence-corrected chi connectivity index (χ1v) is 4.81. The maximum absolute atomic E-state index is 13.5. The van der Waals surface area contributed by atoms with E-state index in [0.29, 0.717) is 0 Å². The molecule has 0 saturated heterocycles. The largest absolute Gasteiger partial charge is 0.289 e. The fourth-order valence-electron chi connectivity index (χ4n) is 1.36. The summed E-state index contributed by atoms with van der Waals surface area (Å²) in [6.07, 6.45) is 1.31. The van der Waals surface area contributed by atoms with Crippen LogP contribution in [-0.2, 0) is 0 Å². The van der Waals surface area contributed by atoms with Gasteiger partial charge in [0.1, 0.15) is 11.5 Å². The molecule has 0 atom stereocenters. The van der Waals surface area contributed by atoms with Gasteiger partial charge < -0.3 is 0 Å². The molecule has 0 unspecified atom stereocenters. The second kappa shape index (κ2) is 4.30. The number of aromatic nitrogens is 3. The second-order valence-electron chi connectivity index (χ2n) is 3.48. The summed E-state index contributed by atoms with van der Waals surface area (Å²) in [5, 5.41) is 7.26. The Morgan fingerprint density at radius 1 is 1.53 bits per heavy atom. The fourth-order valence-corrected chi connectivity index (χ4v) is 1.36. The molecule has 1 aromatic heterocycles. The van der Waals surface area contributed by atoms with Gasteiger partial charge in [-0.25, -0.2) is 14.9 Å². The highest BCUT2D eigenvalue weighted by Gasteiger charge is 2.12. The van der Waals surface area contributed by atoms with E-state index >= 15 is 0 Å². The minimum Gasteiger partial charge on any atom is -0.289 e. The molecule has 7 heteroatoms. The molecule has 0 spiro atoms. The summed E-state index contributed by atoms with van der Waals surface area (Å²) in [6.45, 7) is 1.83. The lowest BCUT2D eigenvalue weighted by molar-refractivity contribution is 0.0948. The van der Waals surface area contributed by atoms with E-state index in [1.165, 1.54) is 16.9 Å². The van der Waals surface area contributed by atoms with Crippen LogP contribution in [0, 0.1) is 12.7 Å². The van der Waals surface area contributed by atoms with Crippen molar-refractivity contribution in [3.05, 3.63) is 41.5 Å². The van der Waals surface area contributed by atoms with E-state index in [-0.39, 0.29) is 11.4 Å². The molecular weight excluding hydrogens is 225 g/mol. The first-order valence-electron chi connectivity index (χ1n) is 4.81. The molecule has 1 amide bonds. The fraction of sp³-hybridized carbons (Fsp3) is 0.100. The van der Waals surface area contributed by atoms with Crippen LogP contribution in [0.5, 0.6) is 0 Å². The quantitative estimate of drug-likeness (QED) is 0.446. The van der Waals surface area contributed by atoms with Gasteiger partial charge in [-0.05, 0) is 24.6 Å². The highest BCUT2D eigenvalue weighted by Crippen LogP contribution is 2.14. The molecule has 0 aliphatic heterocycles. The molecule has 1 aromatic carbocycles. The van der Waals surface area contributed by atoms with E-state index < -0.39 is 11.7 Å². The number of amides is 1. The first kappa shape index (κ1) is 11.2. The molecule has 0 saturated carbocycles. The number of hydrazine groups is 1. The number of hydrogen-bond donors (Lipinski definition) is 2. The Morgan fingerprint density at radius 3 is 3.00 bits per heavy atom. The van der Waals surface area contributed by atoms with Gasteiger partial charge in [0.05, 0.1) is 6.20 Å². The third-order valence-electron chi connectivity index (χ3n) is 2.21. The average Bonchev–Trinajstić information content (AvgIpc) is 2.80. The zero-order valence-electron chi connectivity index (χ0n) is 9.01. The number of nitrogens with two attached hydrogens (primary N) is 1. The summed E-state index contributed by atoms with van der Waals surface area (Å²) in [7, 11) is 0. The van der Waals surface area contributed by atoms with E-state index in [9.17, 15) is 9.18 Å².